The van der Waals surface area contributed by atoms with Crippen molar-refractivity contribution in [2.75, 3.05) is 31.1 Å². The topological polar surface area (TPSA) is 68.3 Å². The summed E-state index contributed by atoms with van der Waals surface area (Å²) in [5.41, 5.74) is 1.93. The molecule has 0 radical (unpaired) electrons. The predicted molar refractivity (Wildman–Crippen MR) is 134 cm³/mol. The molecular formula is C26H29FN6O2. The molecule has 1 saturated heterocycles. The maximum Gasteiger partial charge on any atom is 0.332 e. The summed E-state index contributed by atoms with van der Waals surface area (Å²) in [5, 5.41) is 0. The molecule has 1 fully saturated rings. The first-order chi connectivity index (χ1) is 16.9. The smallest absolute Gasteiger partial charge is 0.332 e. The zero-order valence-electron chi connectivity index (χ0n) is 20.0. The molecule has 8 nitrogen and oxygen atoms in total. The van der Waals surface area contributed by atoms with Crippen molar-refractivity contribution in [3.8, 4) is 0 Å². The lowest BCUT2D eigenvalue weighted by Crippen LogP contribution is -2.46. The molecule has 9 heteroatoms. The maximum absolute atomic E-state index is 14.2. The molecule has 2 aromatic carbocycles. The number of para-hydroxylation sites is 1. The van der Waals surface area contributed by atoms with Crippen LogP contribution in [-0.4, -0.2) is 49.8 Å². The van der Waals surface area contributed by atoms with Crippen molar-refractivity contribution >= 4 is 16.9 Å². The zero-order chi connectivity index (χ0) is 24.5. The summed E-state index contributed by atoms with van der Waals surface area (Å²) < 4.78 is 18.8. The van der Waals surface area contributed by atoms with Crippen LogP contribution in [0.5, 0.6) is 0 Å². The molecule has 4 aromatic rings. The minimum atomic E-state index is -0.389. The number of imidazole rings is 1. The van der Waals surface area contributed by atoms with Crippen LogP contribution in [-0.2, 0) is 33.6 Å². The Morgan fingerprint density at radius 3 is 2.29 bits per heavy atom. The molecule has 0 saturated carbocycles. The lowest BCUT2D eigenvalue weighted by Gasteiger charge is -2.36. The first-order valence-electron chi connectivity index (χ1n) is 11.8. The van der Waals surface area contributed by atoms with E-state index >= 15 is 0 Å². The van der Waals surface area contributed by atoms with Crippen LogP contribution in [0.3, 0.4) is 0 Å². The molecule has 35 heavy (non-hydrogen) atoms. The van der Waals surface area contributed by atoms with Crippen LogP contribution in [0.25, 0.3) is 11.2 Å². The van der Waals surface area contributed by atoms with E-state index in [9.17, 15) is 14.0 Å². The Bertz CT molecular complexity index is 1470. The predicted octanol–water partition coefficient (Wildman–Crippen LogP) is 2.14. The number of benzene rings is 2. The largest absolute Gasteiger partial charge is 0.367 e. The van der Waals surface area contributed by atoms with E-state index in [1.54, 1.807) is 13.1 Å². The van der Waals surface area contributed by atoms with Crippen LogP contribution in [0.2, 0.25) is 0 Å². The third kappa shape index (κ3) is 4.39. The van der Waals surface area contributed by atoms with E-state index in [1.165, 1.54) is 23.2 Å². The number of piperazine rings is 1. The Kier molecular flexibility index (Phi) is 6.25. The Balaban J connectivity index is 1.43. The van der Waals surface area contributed by atoms with E-state index in [-0.39, 0.29) is 17.1 Å². The number of nitrogens with zero attached hydrogens (tertiary/aromatic N) is 6. The average molecular weight is 477 g/mol. The number of fused-ring (bicyclic) bond motifs is 1. The van der Waals surface area contributed by atoms with Gasteiger partial charge >= 0.3 is 5.69 Å². The number of anilines is 1. The number of halogens is 1. The van der Waals surface area contributed by atoms with Gasteiger partial charge in [-0.25, -0.2) is 14.2 Å². The van der Waals surface area contributed by atoms with Crippen molar-refractivity contribution in [1.82, 2.24) is 23.6 Å². The fourth-order valence-corrected chi connectivity index (χ4v) is 4.79. The molecule has 1 aliphatic rings. The Hall–Kier alpha value is -3.72. The second kappa shape index (κ2) is 9.50. The molecular weight excluding hydrogens is 447 g/mol. The van der Waals surface area contributed by atoms with Crippen molar-refractivity contribution < 1.29 is 4.39 Å². The maximum atomic E-state index is 14.2. The van der Waals surface area contributed by atoms with Gasteiger partial charge in [-0.2, -0.15) is 0 Å². The Labute approximate surface area is 202 Å². The number of aryl methyl sites for hydroxylation is 3. The molecule has 0 atom stereocenters. The summed E-state index contributed by atoms with van der Waals surface area (Å²) >= 11 is 0. The molecule has 0 bridgehead atoms. The fraction of sp³-hybridized carbons (Fsp3) is 0.346. The van der Waals surface area contributed by atoms with Crippen LogP contribution in [0, 0.1) is 5.82 Å². The Morgan fingerprint density at radius 1 is 0.886 bits per heavy atom. The second-order valence-corrected chi connectivity index (χ2v) is 9.01. The van der Waals surface area contributed by atoms with Gasteiger partial charge in [0.05, 0.1) is 12.2 Å². The van der Waals surface area contributed by atoms with Gasteiger partial charge in [-0.3, -0.25) is 18.8 Å². The monoisotopic (exact) mass is 476 g/mol. The molecule has 0 unspecified atom stereocenters. The molecule has 0 aliphatic carbocycles. The summed E-state index contributed by atoms with van der Waals surface area (Å²) in [5.74, 6) is 0.550. The van der Waals surface area contributed by atoms with E-state index in [0.29, 0.717) is 43.0 Å². The molecule has 2 aromatic heterocycles. The van der Waals surface area contributed by atoms with E-state index in [2.05, 4.69) is 21.9 Å². The second-order valence-electron chi connectivity index (χ2n) is 9.01. The number of aromatic nitrogens is 4. The van der Waals surface area contributed by atoms with E-state index in [0.717, 1.165) is 29.9 Å². The van der Waals surface area contributed by atoms with Gasteiger partial charge < -0.3 is 9.47 Å². The van der Waals surface area contributed by atoms with E-state index in [1.807, 2.05) is 34.9 Å². The van der Waals surface area contributed by atoms with Crippen LogP contribution >= 0.6 is 0 Å². The van der Waals surface area contributed by atoms with Crippen molar-refractivity contribution in [2.24, 2.45) is 14.1 Å². The molecule has 0 amide bonds. The van der Waals surface area contributed by atoms with Gasteiger partial charge in [-0.1, -0.05) is 42.5 Å². The van der Waals surface area contributed by atoms with Gasteiger partial charge in [-0.05, 0) is 24.1 Å². The fourth-order valence-electron chi connectivity index (χ4n) is 4.79. The summed E-state index contributed by atoms with van der Waals surface area (Å²) in [4.78, 5) is 34.7. The third-order valence-corrected chi connectivity index (χ3v) is 6.82. The van der Waals surface area contributed by atoms with Crippen LogP contribution in [0.15, 0.2) is 64.2 Å². The standard InChI is InChI=1S/C26H29FN6O2/c1-29-24-23(25(34)30(2)26(29)35)33(13-12-19-8-4-3-5-9-19)22(28-24)18-31-14-16-32(17-15-31)21-11-7-6-10-20(21)27/h3-11H,12-18H2,1-2H3. The highest BCUT2D eigenvalue weighted by Crippen LogP contribution is 2.21. The highest BCUT2D eigenvalue weighted by molar-refractivity contribution is 5.71. The summed E-state index contributed by atoms with van der Waals surface area (Å²) in [6.07, 6.45) is 0.742. The van der Waals surface area contributed by atoms with Gasteiger partial charge in [0.25, 0.3) is 5.56 Å². The highest BCUT2D eigenvalue weighted by Gasteiger charge is 2.24. The van der Waals surface area contributed by atoms with Crippen molar-refractivity contribution in [1.29, 1.82) is 0 Å². The first-order valence-corrected chi connectivity index (χ1v) is 11.8. The normalized spacial score (nSPS) is 14.7. The van der Waals surface area contributed by atoms with Gasteiger partial charge in [-0.15, -0.1) is 0 Å². The molecule has 3 heterocycles. The average Bonchev–Trinajstić information content (AvgIpc) is 3.24. The minimum Gasteiger partial charge on any atom is -0.367 e. The molecule has 5 rings (SSSR count). The number of hydrogen-bond donors (Lipinski definition) is 0. The lowest BCUT2D eigenvalue weighted by molar-refractivity contribution is 0.240. The lowest BCUT2D eigenvalue weighted by atomic mass is 10.1. The van der Waals surface area contributed by atoms with E-state index in [4.69, 9.17) is 4.98 Å². The van der Waals surface area contributed by atoms with Gasteiger partial charge in [0.2, 0.25) is 0 Å². The summed E-state index contributed by atoms with van der Waals surface area (Å²) in [7, 11) is 3.15. The molecule has 182 valence electrons. The highest BCUT2D eigenvalue weighted by atomic mass is 19.1. The SMILES string of the molecule is Cn1c(=O)c2c(nc(CN3CCN(c4ccccc4F)CC3)n2CCc2ccccc2)n(C)c1=O. The minimum absolute atomic E-state index is 0.208. The quantitative estimate of drug-likeness (QED) is 0.427. The van der Waals surface area contributed by atoms with Crippen LogP contribution in [0.1, 0.15) is 11.4 Å². The zero-order valence-corrected chi connectivity index (χ0v) is 20.0. The third-order valence-electron chi connectivity index (χ3n) is 6.82. The van der Waals surface area contributed by atoms with Gasteiger partial charge in [0.15, 0.2) is 11.2 Å². The summed E-state index contributed by atoms with van der Waals surface area (Å²) in [6, 6.07) is 17.0. The van der Waals surface area contributed by atoms with Crippen LogP contribution < -0.4 is 16.1 Å². The van der Waals surface area contributed by atoms with Crippen molar-refractivity contribution in [3.63, 3.8) is 0 Å². The number of rotatable bonds is 6. The summed E-state index contributed by atoms with van der Waals surface area (Å²) in [6.45, 7) is 4.02. The molecule has 1 aliphatic heterocycles. The van der Waals surface area contributed by atoms with Crippen molar-refractivity contribution in [3.05, 3.63) is 92.6 Å². The Morgan fingerprint density at radius 2 is 1.57 bits per heavy atom. The molecule has 0 N–H and O–H groups in total. The van der Waals surface area contributed by atoms with E-state index < -0.39 is 0 Å². The number of hydrogen-bond acceptors (Lipinski definition) is 5. The molecule has 0 spiro atoms. The van der Waals surface area contributed by atoms with Gasteiger partial charge in [0.1, 0.15) is 11.6 Å². The van der Waals surface area contributed by atoms with Crippen molar-refractivity contribution in [2.45, 2.75) is 19.5 Å². The van der Waals surface area contributed by atoms with Crippen LogP contribution in [0.4, 0.5) is 10.1 Å². The van der Waals surface area contributed by atoms with Gasteiger partial charge in [0, 0.05) is 46.8 Å². The first kappa shape index (κ1) is 23.0.